The largest absolute Gasteiger partial charge is 0.465 e. The van der Waals surface area contributed by atoms with Crippen LogP contribution in [0.4, 0.5) is 0 Å². The van der Waals surface area contributed by atoms with Gasteiger partial charge in [-0.2, -0.15) is 0 Å². The zero-order valence-corrected chi connectivity index (χ0v) is 10.4. The van der Waals surface area contributed by atoms with Crippen LogP contribution in [0.1, 0.15) is 33.1 Å². The molecular weight excluding hydrogens is 204 g/mol. The maximum Gasteiger partial charge on any atom is 0.320 e. The van der Waals surface area contributed by atoms with Crippen molar-refractivity contribution in [3.8, 4) is 0 Å². The molecule has 0 bridgehead atoms. The highest BCUT2D eigenvalue weighted by Crippen LogP contribution is 2.21. The highest BCUT2D eigenvalue weighted by molar-refractivity contribution is 5.71. The van der Waals surface area contributed by atoms with Crippen molar-refractivity contribution in [1.29, 1.82) is 0 Å². The number of hydrogen-bond acceptors (Lipinski definition) is 4. The second-order valence-electron chi connectivity index (χ2n) is 4.69. The zero-order chi connectivity index (χ0) is 12.0. The normalized spacial score (nSPS) is 25.9. The summed E-state index contributed by atoms with van der Waals surface area (Å²) in [5.41, 5.74) is 5.64. The van der Waals surface area contributed by atoms with E-state index in [0.717, 1.165) is 25.8 Å². The molecule has 4 heteroatoms. The standard InChI is InChI=1S/C12H24N2O2/c1-3-4-5-16-12(15)9-14-8-11(7-13)6-10(14)2/h10-11H,3-9,13H2,1-2H3. The molecule has 2 N–H and O–H groups in total. The van der Waals surface area contributed by atoms with Gasteiger partial charge in [-0.15, -0.1) is 0 Å². The molecule has 0 radical (unpaired) electrons. The van der Waals surface area contributed by atoms with Crippen LogP contribution in [0.25, 0.3) is 0 Å². The number of hydrogen-bond donors (Lipinski definition) is 1. The van der Waals surface area contributed by atoms with Crippen LogP contribution in [0.3, 0.4) is 0 Å². The third-order valence-corrected chi connectivity index (χ3v) is 3.22. The van der Waals surface area contributed by atoms with E-state index >= 15 is 0 Å². The molecule has 16 heavy (non-hydrogen) atoms. The molecule has 0 aromatic rings. The molecule has 94 valence electrons. The van der Waals surface area contributed by atoms with Crippen molar-refractivity contribution >= 4 is 5.97 Å². The van der Waals surface area contributed by atoms with Gasteiger partial charge in [0.15, 0.2) is 0 Å². The van der Waals surface area contributed by atoms with Gasteiger partial charge in [-0.05, 0) is 32.2 Å². The summed E-state index contributed by atoms with van der Waals surface area (Å²) in [7, 11) is 0. The number of carbonyl (C=O) groups is 1. The number of carbonyl (C=O) groups excluding carboxylic acids is 1. The van der Waals surface area contributed by atoms with Crippen LogP contribution in [0, 0.1) is 5.92 Å². The summed E-state index contributed by atoms with van der Waals surface area (Å²) in [5, 5.41) is 0. The van der Waals surface area contributed by atoms with Crippen LogP contribution < -0.4 is 5.73 Å². The molecule has 1 rings (SSSR count). The molecule has 1 aliphatic rings. The Kier molecular flexibility index (Phi) is 5.77. The molecular formula is C12H24N2O2. The Morgan fingerprint density at radius 3 is 2.88 bits per heavy atom. The minimum absolute atomic E-state index is 0.0991. The van der Waals surface area contributed by atoms with Gasteiger partial charge in [-0.25, -0.2) is 0 Å². The van der Waals surface area contributed by atoms with Crippen molar-refractivity contribution in [1.82, 2.24) is 4.90 Å². The number of nitrogens with two attached hydrogens (primary N) is 1. The maximum absolute atomic E-state index is 11.5. The summed E-state index contributed by atoms with van der Waals surface area (Å²) >= 11 is 0. The van der Waals surface area contributed by atoms with E-state index in [0.29, 0.717) is 31.7 Å². The molecule has 0 amide bonds. The SMILES string of the molecule is CCCCOC(=O)CN1CC(CN)CC1C. The predicted octanol–water partition coefficient (Wildman–Crippen LogP) is 0.999. The van der Waals surface area contributed by atoms with Gasteiger partial charge in [-0.1, -0.05) is 13.3 Å². The fraction of sp³-hybridized carbons (Fsp3) is 0.917. The quantitative estimate of drug-likeness (QED) is 0.544. The highest BCUT2D eigenvalue weighted by atomic mass is 16.5. The molecule has 1 saturated heterocycles. The van der Waals surface area contributed by atoms with Gasteiger partial charge in [0.05, 0.1) is 13.2 Å². The third kappa shape index (κ3) is 4.10. The first-order valence-electron chi connectivity index (χ1n) is 6.27. The van der Waals surface area contributed by atoms with Crippen LogP contribution in [0.15, 0.2) is 0 Å². The molecule has 1 aliphatic heterocycles. The van der Waals surface area contributed by atoms with Crippen molar-refractivity contribution in [2.24, 2.45) is 11.7 Å². The zero-order valence-electron chi connectivity index (χ0n) is 10.4. The van der Waals surface area contributed by atoms with Crippen LogP contribution in [0.2, 0.25) is 0 Å². The summed E-state index contributed by atoms with van der Waals surface area (Å²) in [6, 6.07) is 0.451. The van der Waals surface area contributed by atoms with E-state index in [4.69, 9.17) is 10.5 Å². The van der Waals surface area contributed by atoms with E-state index in [1.54, 1.807) is 0 Å². The molecule has 2 atom stereocenters. The van der Waals surface area contributed by atoms with Crippen molar-refractivity contribution < 1.29 is 9.53 Å². The number of likely N-dealkylation sites (tertiary alicyclic amines) is 1. The average molecular weight is 228 g/mol. The molecule has 0 aromatic carbocycles. The lowest BCUT2D eigenvalue weighted by Crippen LogP contribution is -2.34. The Labute approximate surface area is 98.1 Å². The number of rotatable bonds is 6. The molecule has 0 aliphatic carbocycles. The van der Waals surface area contributed by atoms with Gasteiger partial charge in [0.1, 0.15) is 0 Å². The molecule has 0 saturated carbocycles. The van der Waals surface area contributed by atoms with E-state index in [1.807, 2.05) is 0 Å². The van der Waals surface area contributed by atoms with Gasteiger partial charge in [-0.3, -0.25) is 9.69 Å². The minimum Gasteiger partial charge on any atom is -0.465 e. The van der Waals surface area contributed by atoms with Gasteiger partial charge in [0.25, 0.3) is 0 Å². The van der Waals surface area contributed by atoms with Gasteiger partial charge < -0.3 is 10.5 Å². The Morgan fingerprint density at radius 1 is 1.56 bits per heavy atom. The van der Waals surface area contributed by atoms with E-state index in [9.17, 15) is 4.79 Å². The molecule has 4 nitrogen and oxygen atoms in total. The molecule has 0 aromatic heterocycles. The number of nitrogens with zero attached hydrogens (tertiary/aromatic N) is 1. The highest BCUT2D eigenvalue weighted by Gasteiger charge is 2.29. The second kappa shape index (κ2) is 6.86. The van der Waals surface area contributed by atoms with Crippen molar-refractivity contribution in [2.45, 2.75) is 39.2 Å². The summed E-state index contributed by atoms with van der Waals surface area (Å²) in [6.45, 7) is 6.85. The summed E-state index contributed by atoms with van der Waals surface area (Å²) < 4.78 is 5.15. The lowest BCUT2D eigenvalue weighted by Gasteiger charge is -2.19. The third-order valence-electron chi connectivity index (χ3n) is 3.22. The van der Waals surface area contributed by atoms with E-state index in [-0.39, 0.29) is 5.97 Å². The smallest absolute Gasteiger partial charge is 0.320 e. The minimum atomic E-state index is -0.0991. The Hall–Kier alpha value is -0.610. The Balaban J connectivity index is 2.23. The molecule has 1 fully saturated rings. The molecule has 1 heterocycles. The summed E-state index contributed by atoms with van der Waals surface area (Å²) in [4.78, 5) is 13.7. The molecule has 0 spiro atoms. The number of esters is 1. The monoisotopic (exact) mass is 228 g/mol. The fourth-order valence-corrected chi connectivity index (χ4v) is 2.15. The number of ether oxygens (including phenoxy) is 1. The summed E-state index contributed by atoms with van der Waals surface area (Å²) in [5.74, 6) is 0.441. The van der Waals surface area contributed by atoms with Crippen molar-refractivity contribution in [2.75, 3.05) is 26.2 Å². The van der Waals surface area contributed by atoms with E-state index < -0.39 is 0 Å². The van der Waals surface area contributed by atoms with Gasteiger partial charge in [0, 0.05) is 12.6 Å². The first-order valence-corrected chi connectivity index (χ1v) is 6.27. The van der Waals surface area contributed by atoms with Crippen LogP contribution >= 0.6 is 0 Å². The van der Waals surface area contributed by atoms with E-state index in [1.165, 1.54) is 0 Å². The molecule has 2 unspecified atom stereocenters. The maximum atomic E-state index is 11.5. The number of unbranched alkanes of at least 4 members (excludes halogenated alkanes) is 1. The average Bonchev–Trinajstić information content (AvgIpc) is 2.60. The van der Waals surface area contributed by atoms with Crippen molar-refractivity contribution in [3.63, 3.8) is 0 Å². The van der Waals surface area contributed by atoms with Crippen LogP contribution in [0.5, 0.6) is 0 Å². The van der Waals surface area contributed by atoms with Gasteiger partial charge >= 0.3 is 5.97 Å². The van der Waals surface area contributed by atoms with Crippen molar-refractivity contribution in [3.05, 3.63) is 0 Å². The van der Waals surface area contributed by atoms with Gasteiger partial charge in [0.2, 0.25) is 0 Å². The van der Waals surface area contributed by atoms with E-state index in [2.05, 4.69) is 18.7 Å². The first-order chi connectivity index (χ1) is 7.67. The lowest BCUT2D eigenvalue weighted by atomic mass is 10.1. The Bertz CT molecular complexity index is 221. The van der Waals surface area contributed by atoms with Crippen LogP contribution in [-0.4, -0.2) is 43.2 Å². The fourth-order valence-electron chi connectivity index (χ4n) is 2.15. The lowest BCUT2D eigenvalue weighted by molar-refractivity contribution is -0.145. The summed E-state index contributed by atoms with van der Waals surface area (Å²) in [6.07, 6.45) is 3.11. The topological polar surface area (TPSA) is 55.6 Å². The second-order valence-corrected chi connectivity index (χ2v) is 4.69. The predicted molar refractivity (Wildman–Crippen MR) is 64.1 cm³/mol. The Morgan fingerprint density at radius 2 is 2.31 bits per heavy atom. The van der Waals surface area contributed by atoms with Crippen LogP contribution in [-0.2, 0) is 9.53 Å². The first kappa shape index (κ1) is 13.5.